The fraction of sp³-hybridized carbons (Fsp3) is 0. The molecule has 3 aromatic rings. The lowest BCUT2D eigenvalue weighted by molar-refractivity contribution is 1.33. The van der Waals surface area contributed by atoms with Crippen LogP contribution in [0.5, 0.6) is 0 Å². The molecular formula is C13H9NS. The van der Waals surface area contributed by atoms with Gasteiger partial charge in [0.2, 0.25) is 0 Å². The molecule has 2 aromatic heterocycles. The molecule has 0 atom stereocenters. The van der Waals surface area contributed by atoms with Crippen molar-refractivity contribution >= 4 is 21.4 Å². The quantitative estimate of drug-likeness (QED) is 0.593. The third-order valence-corrected chi connectivity index (χ3v) is 3.35. The number of rotatable bonds is 1. The van der Waals surface area contributed by atoms with Crippen molar-refractivity contribution in [3.05, 3.63) is 54.2 Å². The van der Waals surface area contributed by atoms with Crippen LogP contribution in [0.25, 0.3) is 21.2 Å². The van der Waals surface area contributed by atoms with E-state index in [0.29, 0.717) is 0 Å². The first-order chi connectivity index (χ1) is 7.43. The second-order valence-electron chi connectivity index (χ2n) is 3.41. The molecule has 0 radical (unpaired) electrons. The minimum atomic E-state index is 1.17. The lowest BCUT2D eigenvalue weighted by Gasteiger charge is -2.00. The number of fused-ring (bicyclic) bond motifs is 1. The lowest BCUT2D eigenvalue weighted by atomic mass is 10.1. The summed E-state index contributed by atoms with van der Waals surface area (Å²) in [6.07, 6.45) is 3.69. The van der Waals surface area contributed by atoms with Crippen molar-refractivity contribution in [1.82, 2.24) is 4.98 Å². The molecule has 2 heteroatoms. The molecule has 0 N–H and O–H groups in total. The maximum absolute atomic E-state index is 4.13. The summed E-state index contributed by atoms with van der Waals surface area (Å²) in [5.41, 5.74) is 2.40. The molecule has 15 heavy (non-hydrogen) atoms. The first-order valence-corrected chi connectivity index (χ1v) is 5.69. The second-order valence-corrected chi connectivity index (χ2v) is 4.36. The summed E-state index contributed by atoms with van der Waals surface area (Å²) < 4.78 is 1.34. The number of nitrogens with zero attached hydrogens (tertiary/aromatic N) is 1. The zero-order chi connectivity index (χ0) is 10.1. The van der Waals surface area contributed by atoms with Gasteiger partial charge in [-0.05, 0) is 40.6 Å². The average Bonchev–Trinajstić information content (AvgIpc) is 2.77. The molecule has 0 saturated heterocycles. The summed E-state index contributed by atoms with van der Waals surface area (Å²) in [6.45, 7) is 0. The summed E-state index contributed by atoms with van der Waals surface area (Å²) in [7, 11) is 0. The van der Waals surface area contributed by atoms with Crippen molar-refractivity contribution in [2.45, 2.75) is 0 Å². The van der Waals surface area contributed by atoms with Gasteiger partial charge in [0.25, 0.3) is 0 Å². The van der Waals surface area contributed by atoms with Crippen LogP contribution in [0.3, 0.4) is 0 Å². The van der Waals surface area contributed by atoms with E-state index in [1.807, 2.05) is 12.3 Å². The summed E-state index contributed by atoms with van der Waals surface area (Å²) in [4.78, 5) is 4.13. The molecule has 0 aliphatic carbocycles. The SMILES string of the molecule is c1cncc(-c2ccc3sccc3c2)c1. The lowest BCUT2D eigenvalue weighted by Crippen LogP contribution is -1.77. The van der Waals surface area contributed by atoms with E-state index in [9.17, 15) is 0 Å². The topological polar surface area (TPSA) is 12.9 Å². The van der Waals surface area contributed by atoms with Crippen molar-refractivity contribution < 1.29 is 0 Å². The zero-order valence-electron chi connectivity index (χ0n) is 8.05. The van der Waals surface area contributed by atoms with E-state index in [1.165, 1.54) is 21.2 Å². The summed E-state index contributed by atoms with van der Waals surface area (Å²) in [5, 5.41) is 3.43. The van der Waals surface area contributed by atoms with Gasteiger partial charge in [0, 0.05) is 22.7 Å². The fourth-order valence-corrected chi connectivity index (χ4v) is 2.45. The Morgan fingerprint density at radius 3 is 2.87 bits per heavy atom. The summed E-state index contributed by atoms with van der Waals surface area (Å²) in [5.74, 6) is 0. The third-order valence-electron chi connectivity index (χ3n) is 2.45. The molecule has 0 aliphatic rings. The van der Waals surface area contributed by atoms with Crippen LogP contribution in [0.1, 0.15) is 0 Å². The number of benzene rings is 1. The Hall–Kier alpha value is -1.67. The smallest absolute Gasteiger partial charge is 0.0346 e. The minimum Gasteiger partial charge on any atom is -0.264 e. The van der Waals surface area contributed by atoms with Gasteiger partial charge in [-0.3, -0.25) is 4.98 Å². The zero-order valence-corrected chi connectivity index (χ0v) is 8.87. The van der Waals surface area contributed by atoms with Gasteiger partial charge in [0.1, 0.15) is 0 Å². The molecule has 0 bridgehead atoms. The van der Waals surface area contributed by atoms with Crippen molar-refractivity contribution in [2.75, 3.05) is 0 Å². The van der Waals surface area contributed by atoms with Crippen molar-refractivity contribution in [1.29, 1.82) is 0 Å². The van der Waals surface area contributed by atoms with Gasteiger partial charge in [-0.1, -0.05) is 12.1 Å². The van der Waals surface area contributed by atoms with E-state index >= 15 is 0 Å². The standard InChI is InChI=1S/C13H9NS/c1-2-12(9-14-6-1)10-3-4-13-11(8-10)5-7-15-13/h1-9H. The Bertz CT molecular complexity index is 584. The predicted octanol–water partition coefficient (Wildman–Crippen LogP) is 3.96. The Morgan fingerprint density at radius 2 is 2.00 bits per heavy atom. The molecule has 0 aliphatic heterocycles. The largest absolute Gasteiger partial charge is 0.264 e. The Morgan fingerprint density at radius 1 is 1.00 bits per heavy atom. The number of pyridine rings is 1. The van der Waals surface area contributed by atoms with Crippen molar-refractivity contribution in [3.63, 3.8) is 0 Å². The highest BCUT2D eigenvalue weighted by Crippen LogP contribution is 2.26. The van der Waals surface area contributed by atoms with Gasteiger partial charge in [-0.2, -0.15) is 0 Å². The van der Waals surface area contributed by atoms with Gasteiger partial charge in [0.15, 0.2) is 0 Å². The van der Waals surface area contributed by atoms with Crippen LogP contribution in [-0.2, 0) is 0 Å². The molecule has 1 aromatic carbocycles. The molecule has 1 nitrogen and oxygen atoms in total. The Kier molecular flexibility index (Phi) is 2.00. The summed E-state index contributed by atoms with van der Waals surface area (Å²) >= 11 is 1.78. The van der Waals surface area contributed by atoms with Crippen LogP contribution >= 0.6 is 11.3 Å². The first-order valence-electron chi connectivity index (χ1n) is 4.81. The maximum atomic E-state index is 4.13. The molecule has 0 amide bonds. The minimum absolute atomic E-state index is 1.17. The van der Waals surface area contributed by atoms with Crippen LogP contribution in [-0.4, -0.2) is 4.98 Å². The predicted molar refractivity (Wildman–Crippen MR) is 65.1 cm³/mol. The summed E-state index contributed by atoms with van der Waals surface area (Å²) in [6, 6.07) is 12.7. The third kappa shape index (κ3) is 1.53. The van der Waals surface area contributed by atoms with Crippen molar-refractivity contribution in [3.8, 4) is 11.1 Å². The highest BCUT2D eigenvalue weighted by molar-refractivity contribution is 7.17. The molecule has 0 saturated carbocycles. The van der Waals surface area contributed by atoms with Crippen molar-refractivity contribution in [2.24, 2.45) is 0 Å². The van der Waals surface area contributed by atoms with E-state index in [1.54, 1.807) is 17.5 Å². The molecule has 3 rings (SSSR count). The van der Waals surface area contributed by atoms with Crippen LogP contribution < -0.4 is 0 Å². The van der Waals surface area contributed by atoms with Gasteiger partial charge >= 0.3 is 0 Å². The fourth-order valence-electron chi connectivity index (χ4n) is 1.68. The van der Waals surface area contributed by atoms with E-state index in [2.05, 4.69) is 40.7 Å². The average molecular weight is 211 g/mol. The first kappa shape index (κ1) is 8.62. The number of hydrogen-bond donors (Lipinski definition) is 0. The highest BCUT2D eigenvalue weighted by Gasteiger charge is 1.99. The van der Waals surface area contributed by atoms with Gasteiger partial charge in [-0.25, -0.2) is 0 Å². The second kappa shape index (κ2) is 3.48. The molecule has 0 unspecified atom stereocenters. The van der Waals surface area contributed by atoms with E-state index in [-0.39, 0.29) is 0 Å². The highest BCUT2D eigenvalue weighted by atomic mass is 32.1. The molecule has 72 valence electrons. The molecule has 2 heterocycles. The van der Waals surface area contributed by atoms with E-state index in [4.69, 9.17) is 0 Å². The number of hydrogen-bond acceptors (Lipinski definition) is 2. The molecule has 0 fully saturated rings. The Balaban J connectivity index is 2.19. The maximum Gasteiger partial charge on any atom is 0.0346 e. The van der Waals surface area contributed by atoms with Crippen LogP contribution in [0.4, 0.5) is 0 Å². The normalized spacial score (nSPS) is 10.7. The van der Waals surface area contributed by atoms with Gasteiger partial charge in [-0.15, -0.1) is 11.3 Å². The van der Waals surface area contributed by atoms with Gasteiger partial charge < -0.3 is 0 Å². The number of aromatic nitrogens is 1. The molecule has 0 spiro atoms. The van der Waals surface area contributed by atoms with Gasteiger partial charge in [0.05, 0.1) is 0 Å². The van der Waals surface area contributed by atoms with Crippen LogP contribution in [0.15, 0.2) is 54.2 Å². The van der Waals surface area contributed by atoms with E-state index < -0.39 is 0 Å². The van der Waals surface area contributed by atoms with Crippen LogP contribution in [0.2, 0.25) is 0 Å². The monoisotopic (exact) mass is 211 g/mol. The van der Waals surface area contributed by atoms with E-state index in [0.717, 1.165) is 0 Å². The Labute approximate surface area is 92.0 Å². The van der Waals surface area contributed by atoms with Crippen LogP contribution in [0, 0.1) is 0 Å². The number of thiophene rings is 1. The molecular weight excluding hydrogens is 202 g/mol.